The molecule has 25 heavy (non-hydrogen) atoms. The summed E-state index contributed by atoms with van der Waals surface area (Å²) in [6, 6.07) is 4.64. The largest absolute Gasteiger partial charge is 0.327 e. The molecular weight excluding hydrogens is 331 g/mol. The van der Waals surface area contributed by atoms with Crippen LogP contribution in [0, 0.1) is 17.5 Å². The van der Waals surface area contributed by atoms with Crippen molar-refractivity contribution in [2.45, 2.75) is 25.4 Å². The lowest BCUT2D eigenvalue weighted by molar-refractivity contribution is 0.473. The number of nitrogens with two attached hydrogens (primary N) is 1. The quantitative estimate of drug-likeness (QED) is 0.696. The van der Waals surface area contributed by atoms with Crippen molar-refractivity contribution < 1.29 is 13.2 Å². The summed E-state index contributed by atoms with van der Waals surface area (Å²) < 4.78 is 41.4. The lowest BCUT2D eigenvalue weighted by Gasteiger charge is -2.12. The Balaban J connectivity index is 1.59. The summed E-state index contributed by atoms with van der Waals surface area (Å²) in [5.74, 6) is -3.09. The first-order valence-corrected chi connectivity index (χ1v) is 7.72. The Labute approximate surface area is 142 Å². The van der Waals surface area contributed by atoms with E-state index in [4.69, 9.17) is 5.73 Å². The number of nitrogens with zero attached hydrogens (tertiary/aromatic N) is 4. The highest BCUT2D eigenvalue weighted by Gasteiger charge is 2.13. The Morgan fingerprint density at radius 2 is 1.92 bits per heavy atom. The van der Waals surface area contributed by atoms with Gasteiger partial charge in [-0.3, -0.25) is 9.67 Å². The van der Waals surface area contributed by atoms with Crippen molar-refractivity contribution in [1.29, 1.82) is 0 Å². The first-order chi connectivity index (χ1) is 12.0. The van der Waals surface area contributed by atoms with Crippen molar-refractivity contribution in [2.24, 2.45) is 5.73 Å². The molecule has 0 amide bonds. The van der Waals surface area contributed by atoms with Crippen LogP contribution in [0.2, 0.25) is 0 Å². The van der Waals surface area contributed by atoms with E-state index in [-0.39, 0.29) is 12.0 Å². The van der Waals surface area contributed by atoms with E-state index in [0.29, 0.717) is 24.7 Å². The third-order valence-electron chi connectivity index (χ3n) is 3.80. The maximum atomic E-state index is 13.6. The molecule has 2 aromatic heterocycles. The van der Waals surface area contributed by atoms with Crippen LogP contribution in [0.5, 0.6) is 0 Å². The van der Waals surface area contributed by atoms with Gasteiger partial charge in [0.15, 0.2) is 11.6 Å². The first-order valence-electron chi connectivity index (χ1n) is 7.72. The first kappa shape index (κ1) is 17.1. The Hall–Kier alpha value is -2.74. The van der Waals surface area contributed by atoms with E-state index in [9.17, 15) is 13.2 Å². The molecule has 0 radical (unpaired) electrons. The second-order valence-electron chi connectivity index (χ2n) is 5.72. The second kappa shape index (κ2) is 7.43. The van der Waals surface area contributed by atoms with Gasteiger partial charge in [0.2, 0.25) is 0 Å². The summed E-state index contributed by atoms with van der Waals surface area (Å²) in [5.41, 5.74) is 7.57. The lowest BCUT2D eigenvalue weighted by Crippen LogP contribution is -2.25. The van der Waals surface area contributed by atoms with Crippen molar-refractivity contribution in [2.75, 3.05) is 0 Å². The van der Waals surface area contributed by atoms with Gasteiger partial charge in [-0.15, -0.1) is 5.10 Å². The van der Waals surface area contributed by atoms with Gasteiger partial charge in [-0.25, -0.2) is 13.2 Å². The van der Waals surface area contributed by atoms with Gasteiger partial charge >= 0.3 is 0 Å². The molecule has 0 fully saturated rings. The van der Waals surface area contributed by atoms with Gasteiger partial charge in [0.05, 0.1) is 6.20 Å². The summed E-state index contributed by atoms with van der Waals surface area (Å²) in [7, 11) is 0. The molecule has 1 aromatic carbocycles. The predicted octanol–water partition coefficient (Wildman–Crippen LogP) is 2.72. The maximum absolute atomic E-state index is 13.6. The van der Waals surface area contributed by atoms with Crippen molar-refractivity contribution >= 4 is 0 Å². The highest BCUT2D eigenvalue weighted by atomic mass is 19.2. The van der Waals surface area contributed by atoms with Gasteiger partial charge < -0.3 is 5.73 Å². The Bertz CT molecular complexity index is 851. The summed E-state index contributed by atoms with van der Waals surface area (Å²) in [6.45, 7) is 0.472. The Morgan fingerprint density at radius 3 is 2.68 bits per heavy atom. The fraction of sp³-hybridized carbons (Fsp3) is 0.235. The summed E-state index contributed by atoms with van der Waals surface area (Å²) in [5, 5.41) is 8.08. The van der Waals surface area contributed by atoms with E-state index in [1.807, 2.05) is 6.07 Å². The molecule has 0 aliphatic rings. The number of benzene rings is 1. The van der Waals surface area contributed by atoms with E-state index in [2.05, 4.69) is 15.3 Å². The van der Waals surface area contributed by atoms with Crippen LogP contribution >= 0.6 is 0 Å². The fourth-order valence-electron chi connectivity index (χ4n) is 2.46. The normalized spacial score (nSPS) is 12.3. The SMILES string of the molecule is N[C@@H](CCn1cc(-c2cccnc2)nn1)Cc1cc(F)c(F)cc1F. The second-order valence-corrected chi connectivity index (χ2v) is 5.72. The van der Waals surface area contributed by atoms with Gasteiger partial charge in [0, 0.05) is 36.6 Å². The highest BCUT2D eigenvalue weighted by Crippen LogP contribution is 2.17. The zero-order valence-electron chi connectivity index (χ0n) is 13.2. The fourth-order valence-corrected chi connectivity index (χ4v) is 2.46. The highest BCUT2D eigenvalue weighted by molar-refractivity contribution is 5.55. The van der Waals surface area contributed by atoms with Gasteiger partial charge in [-0.1, -0.05) is 5.21 Å². The molecule has 5 nitrogen and oxygen atoms in total. The van der Waals surface area contributed by atoms with Gasteiger partial charge in [-0.2, -0.15) is 0 Å². The number of halogens is 3. The van der Waals surface area contributed by atoms with E-state index in [1.54, 1.807) is 29.3 Å². The number of hydrogen-bond donors (Lipinski definition) is 1. The Kier molecular flexibility index (Phi) is 5.08. The van der Waals surface area contributed by atoms with Crippen LogP contribution in [0.15, 0.2) is 42.9 Å². The lowest BCUT2D eigenvalue weighted by atomic mass is 10.0. The van der Waals surface area contributed by atoms with Crippen LogP contribution in [0.4, 0.5) is 13.2 Å². The number of aryl methyl sites for hydroxylation is 1. The molecule has 0 saturated carbocycles. The van der Waals surface area contributed by atoms with E-state index in [0.717, 1.165) is 11.6 Å². The monoisotopic (exact) mass is 347 g/mol. The number of pyridine rings is 1. The van der Waals surface area contributed by atoms with Crippen molar-refractivity contribution in [1.82, 2.24) is 20.0 Å². The van der Waals surface area contributed by atoms with Crippen LogP contribution in [0.1, 0.15) is 12.0 Å². The standard InChI is InChI=1S/C17H16F3N5/c18-14-8-16(20)15(19)7-12(14)6-13(21)3-5-25-10-17(23-24-25)11-2-1-4-22-9-11/h1-2,4,7-10,13H,3,5-6,21H2/t13-/m0/s1. The van der Waals surface area contributed by atoms with Crippen LogP contribution in [0.3, 0.4) is 0 Å². The molecule has 130 valence electrons. The van der Waals surface area contributed by atoms with Crippen LogP contribution < -0.4 is 5.73 Å². The number of hydrogen-bond acceptors (Lipinski definition) is 4. The van der Waals surface area contributed by atoms with Crippen molar-refractivity contribution in [3.05, 3.63) is 65.9 Å². The zero-order chi connectivity index (χ0) is 17.8. The topological polar surface area (TPSA) is 69.6 Å². The Morgan fingerprint density at radius 1 is 1.12 bits per heavy atom. The summed E-state index contributed by atoms with van der Waals surface area (Å²) in [4.78, 5) is 4.02. The molecule has 0 aliphatic heterocycles. The minimum Gasteiger partial charge on any atom is -0.327 e. The van der Waals surface area contributed by atoms with E-state index < -0.39 is 23.5 Å². The van der Waals surface area contributed by atoms with Gasteiger partial charge in [0.1, 0.15) is 11.5 Å². The predicted molar refractivity (Wildman–Crippen MR) is 85.9 cm³/mol. The molecule has 2 heterocycles. The minimum absolute atomic E-state index is 0.0565. The molecule has 0 spiro atoms. The average molecular weight is 347 g/mol. The van der Waals surface area contributed by atoms with Crippen LogP contribution in [0.25, 0.3) is 11.3 Å². The van der Waals surface area contributed by atoms with Gasteiger partial charge in [-0.05, 0) is 36.6 Å². The zero-order valence-corrected chi connectivity index (χ0v) is 13.2. The van der Waals surface area contributed by atoms with Crippen LogP contribution in [-0.2, 0) is 13.0 Å². The summed E-state index contributed by atoms with van der Waals surface area (Å²) in [6.07, 6.45) is 5.71. The molecule has 1 atom stereocenters. The molecule has 0 saturated heterocycles. The summed E-state index contributed by atoms with van der Waals surface area (Å²) >= 11 is 0. The van der Waals surface area contributed by atoms with Crippen molar-refractivity contribution in [3.63, 3.8) is 0 Å². The van der Waals surface area contributed by atoms with E-state index in [1.165, 1.54) is 0 Å². The van der Waals surface area contributed by atoms with Gasteiger partial charge in [0.25, 0.3) is 0 Å². The average Bonchev–Trinajstić information content (AvgIpc) is 3.08. The molecule has 3 rings (SSSR count). The maximum Gasteiger partial charge on any atom is 0.161 e. The number of aromatic nitrogens is 4. The number of rotatable bonds is 6. The third kappa shape index (κ3) is 4.21. The molecule has 0 unspecified atom stereocenters. The molecular formula is C17H16F3N5. The molecule has 0 aliphatic carbocycles. The van der Waals surface area contributed by atoms with Crippen molar-refractivity contribution in [3.8, 4) is 11.3 Å². The van der Waals surface area contributed by atoms with Crippen LogP contribution in [-0.4, -0.2) is 26.0 Å². The molecule has 2 N–H and O–H groups in total. The third-order valence-corrected chi connectivity index (χ3v) is 3.80. The smallest absolute Gasteiger partial charge is 0.161 e. The van der Waals surface area contributed by atoms with E-state index >= 15 is 0 Å². The molecule has 8 heteroatoms. The molecule has 3 aromatic rings. The minimum atomic E-state index is -1.21. The molecule has 0 bridgehead atoms.